The molecule has 0 spiro atoms. The van der Waals surface area contributed by atoms with E-state index in [4.69, 9.17) is 0 Å². The second-order valence-electron chi connectivity index (χ2n) is 6.26. The van der Waals surface area contributed by atoms with Gasteiger partial charge in [0.1, 0.15) is 0 Å². The third-order valence-electron chi connectivity index (χ3n) is 3.65. The summed E-state index contributed by atoms with van der Waals surface area (Å²) in [5.41, 5.74) is 1.52. The third kappa shape index (κ3) is 4.53. The summed E-state index contributed by atoms with van der Waals surface area (Å²) in [6.45, 7) is 11.0. The number of rotatable bonds is 8. The number of thiophene rings is 1. The number of nitrogens with one attached hydrogen (secondary N) is 1. The molecule has 0 bridgehead atoms. The molecule has 0 fully saturated rings. The standard InChI is InChI=1S/C18H28N2S/c1-5-10-20(4)13-16-15-8-6-7-9-17(15)21-18(16)12-19-11-14(2)3/h6-9,14,19H,5,10-13H2,1-4H3. The molecule has 0 saturated carbocycles. The molecule has 1 aromatic carbocycles. The van der Waals surface area contributed by atoms with E-state index in [-0.39, 0.29) is 0 Å². The maximum Gasteiger partial charge on any atom is 0.0349 e. The lowest BCUT2D eigenvalue weighted by Crippen LogP contribution is -2.21. The Morgan fingerprint density at radius 3 is 2.71 bits per heavy atom. The zero-order valence-electron chi connectivity index (χ0n) is 13.8. The minimum absolute atomic E-state index is 0.700. The fourth-order valence-electron chi connectivity index (χ4n) is 2.67. The van der Waals surface area contributed by atoms with Crippen LogP contribution in [-0.2, 0) is 13.1 Å². The molecule has 1 heterocycles. The molecular formula is C18H28N2S. The normalized spacial score (nSPS) is 11.9. The Labute approximate surface area is 133 Å². The monoisotopic (exact) mass is 304 g/mol. The van der Waals surface area contributed by atoms with Gasteiger partial charge < -0.3 is 10.2 Å². The van der Waals surface area contributed by atoms with Crippen LogP contribution in [-0.4, -0.2) is 25.0 Å². The Hall–Kier alpha value is -0.900. The van der Waals surface area contributed by atoms with Crippen molar-refractivity contribution >= 4 is 21.4 Å². The van der Waals surface area contributed by atoms with Crippen molar-refractivity contribution in [1.29, 1.82) is 0 Å². The van der Waals surface area contributed by atoms with E-state index in [2.05, 4.69) is 62.3 Å². The van der Waals surface area contributed by atoms with Crippen LogP contribution in [0.2, 0.25) is 0 Å². The summed E-state index contributed by atoms with van der Waals surface area (Å²) in [7, 11) is 2.22. The average Bonchev–Trinajstić information content (AvgIpc) is 2.77. The van der Waals surface area contributed by atoms with Crippen molar-refractivity contribution in [1.82, 2.24) is 10.2 Å². The zero-order chi connectivity index (χ0) is 15.2. The average molecular weight is 305 g/mol. The fourth-order valence-corrected chi connectivity index (χ4v) is 3.86. The Bertz CT molecular complexity index is 559. The van der Waals surface area contributed by atoms with E-state index in [1.807, 2.05) is 11.3 Å². The van der Waals surface area contributed by atoms with E-state index >= 15 is 0 Å². The number of hydrogen-bond donors (Lipinski definition) is 1. The molecule has 0 saturated heterocycles. The van der Waals surface area contributed by atoms with Gasteiger partial charge in [-0.15, -0.1) is 11.3 Å². The summed E-state index contributed by atoms with van der Waals surface area (Å²) in [4.78, 5) is 3.93. The van der Waals surface area contributed by atoms with Crippen LogP contribution in [0.25, 0.3) is 10.1 Å². The lowest BCUT2D eigenvalue weighted by Gasteiger charge is -2.17. The number of nitrogens with zero attached hydrogens (tertiary/aromatic N) is 1. The Morgan fingerprint density at radius 1 is 1.24 bits per heavy atom. The highest BCUT2D eigenvalue weighted by Crippen LogP contribution is 2.32. The molecule has 0 radical (unpaired) electrons. The van der Waals surface area contributed by atoms with E-state index in [0.717, 1.165) is 26.2 Å². The Kier molecular flexibility index (Phi) is 6.22. The molecule has 3 heteroatoms. The van der Waals surface area contributed by atoms with Gasteiger partial charge in [0.2, 0.25) is 0 Å². The van der Waals surface area contributed by atoms with Crippen LogP contribution in [0.5, 0.6) is 0 Å². The number of hydrogen-bond acceptors (Lipinski definition) is 3. The third-order valence-corrected chi connectivity index (χ3v) is 4.87. The SMILES string of the molecule is CCCN(C)Cc1c(CNCC(C)C)sc2ccccc12. The molecule has 0 unspecified atom stereocenters. The van der Waals surface area contributed by atoms with Crippen molar-refractivity contribution in [3.05, 3.63) is 34.7 Å². The first-order valence-electron chi connectivity index (χ1n) is 8.00. The fraction of sp³-hybridized carbons (Fsp3) is 0.556. The maximum atomic E-state index is 3.60. The Morgan fingerprint density at radius 2 is 2.00 bits per heavy atom. The molecule has 0 atom stereocenters. The lowest BCUT2D eigenvalue weighted by atomic mass is 10.1. The number of benzene rings is 1. The predicted octanol–water partition coefficient (Wildman–Crippen LogP) is 4.49. The molecule has 0 aliphatic carbocycles. The van der Waals surface area contributed by atoms with E-state index in [9.17, 15) is 0 Å². The summed E-state index contributed by atoms with van der Waals surface area (Å²) < 4.78 is 1.42. The van der Waals surface area contributed by atoms with Crippen LogP contribution in [0.3, 0.4) is 0 Å². The van der Waals surface area contributed by atoms with Gasteiger partial charge in [0.15, 0.2) is 0 Å². The second-order valence-corrected chi connectivity index (χ2v) is 7.40. The highest BCUT2D eigenvalue weighted by atomic mass is 32.1. The van der Waals surface area contributed by atoms with Crippen molar-refractivity contribution < 1.29 is 0 Å². The first-order chi connectivity index (χ1) is 10.1. The topological polar surface area (TPSA) is 15.3 Å². The molecule has 21 heavy (non-hydrogen) atoms. The van der Waals surface area contributed by atoms with Crippen molar-refractivity contribution in [3.8, 4) is 0 Å². The number of fused-ring (bicyclic) bond motifs is 1. The Balaban J connectivity index is 2.21. The van der Waals surface area contributed by atoms with Crippen LogP contribution < -0.4 is 5.32 Å². The lowest BCUT2D eigenvalue weighted by molar-refractivity contribution is 0.328. The van der Waals surface area contributed by atoms with Gasteiger partial charge in [0.25, 0.3) is 0 Å². The minimum atomic E-state index is 0.700. The molecular weight excluding hydrogens is 276 g/mol. The smallest absolute Gasteiger partial charge is 0.0349 e. The van der Waals surface area contributed by atoms with Crippen molar-refractivity contribution in [2.24, 2.45) is 5.92 Å². The molecule has 1 aromatic heterocycles. The van der Waals surface area contributed by atoms with Gasteiger partial charge in [-0.2, -0.15) is 0 Å². The summed E-state index contributed by atoms with van der Waals surface area (Å²) in [5.74, 6) is 0.700. The van der Waals surface area contributed by atoms with Crippen LogP contribution in [0.4, 0.5) is 0 Å². The van der Waals surface area contributed by atoms with Crippen LogP contribution >= 0.6 is 11.3 Å². The van der Waals surface area contributed by atoms with Crippen molar-refractivity contribution in [2.45, 2.75) is 40.3 Å². The van der Waals surface area contributed by atoms with E-state index < -0.39 is 0 Å². The summed E-state index contributed by atoms with van der Waals surface area (Å²) >= 11 is 1.95. The quantitative estimate of drug-likeness (QED) is 0.773. The van der Waals surface area contributed by atoms with E-state index in [1.54, 1.807) is 0 Å². The summed E-state index contributed by atoms with van der Waals surface area (Å²) in [6.07, 6.45) is 1.21. The highest BCUT2D eigenvalue weighted by molar-refractivity contribution is 7.19. The van der Waals surface area contributed by atoms with Crippen LogP contribution in [0, 0.1) is 5.92 Å². The molecule has 116 valence electrons. The largest absolute Gasteiger partial charge is 0.312 e. The summed E-state index contributed by atoms with van der Waals surface area (Å²) in [6, 6.07) is 8.82. The van der Waals surface area contributed by atoms with Gasteiger partial charge in [-0.25, -0.2) is 0 Å². The zero-order valence-corrected chi connectivity index (χ0v) is 14.6. The van der Waals surface area contributed by atoms with Crippen LogP contribution in [0.1, 0.15) is 37.6 Å². The summed E-state index contributed by atoms with van der Waals surface area (Å²) in [5, 5.41) is 5.04. The van der Waals surface area contributed by atoms with Gasteiger partial charge in [-0.1, -0.05) is 39.0 Å². The molecule has 2 aromatic rings. The minimum Gasteiger partial charge on any atom is -0.312 e. The van der Waals surface area contributed by atoms with Crippen molar-refractivity contribution in [3.63, 3.8) is 0 Å². The molecule has 0 amide bonds. The molecule has 0 aliphatic heterocycles. The molecule has 0 aliphatic rings. The van der Waals surface area contributed by atoms with Gasteiger partial charge in [0.05, 0.1) is 0 Å². The van der Waals surface area contributed by atoms with Crippen molar-refractivity contribution in [2.75, 3.05) is 20.1 Å². The van der Waals surface area contributed by atoms with Gasteiger partial charge >= 0.3 is 0 Å². The molecule has 2 rings (SSSR count). The molecule has 2 nitrogen and oxygen atoms in total. The van der Waals surface area contributed by atoms with E-state index in [0.29, 0.717) is 5.92 Å². The maximum absolute atomic E-state index is 3.60. The predicted molar refractivity (Wildman–Crippen MR) is 95.0 cm³/mol. The van der Waals surface area contributed by atoms with E-state index in [1.165, 1.54) is 26.9 Å². The first-order valence-corrected chi connectivity index (χ1v) is 8.82. The van der Waals surface area contributed by atoms with Gasteiger partial charge in [0, 0.05) is 22.7 Å². The van der Waals surface area contributed by atoms with Crippen LogP contribution in [0.15, 0.2) is 24.3 Å². The highest BCUT2D eigenvalue weighted by Gasteiger charge is 2.13. The van der Waals surface area contributed by atoms with Gasteiger partial charge in [-0.05, 0) is 49.5 Å². The second kappa shape index (κ2) is 7.92. The first kappa shape index (κ1) is 16.5. The van der Waals surface area contributed by atoms with Gasteiger partial charge in [-0.3, -0.25) is 0 Å². The molecule has 1 N–H and O–H groups in total.